The van der Waals surface area contributed by atoms with E-state index in [1.165, 1.54) is 0 Å². The molecule has 0 spiro atoms. The molecule has 0 radical (unpaired) electrons. The maximum atomic E-state index is 12.0. The first-order chi connectivity index (χ1) is 11.7. The van der Waals surface area contributed by atoms with Gasteiger partial charge in [0.05, 0.1) is 25.7 Å². The second-order valence-electron chi connectivity index (χ2n) is 5.39. The number of fused-ring (bicyclic) bond motifs is 1. The third-order valence-electron chi connectivity index (χ3n) is 3.85. The highest BCUT2D eigenvalue weighted by Crippen LogP contribution is 2.33. The van der Waals surface area contributed by atoms with Gasteiger partial charge in [0.2, 0.25) is 0 Å². The smallest absolute Gasteiger partial charge is 0.310 e. The molecule has 0 fully saturated rings. The van der Waals surface area contributed by atoms with Gasteiger partial charge < -0.3 is 9.47 Å². The summed E-state index contributed by atoms with van der Waals surface area (Å²) in [7, 11) is 1.64. The van der Waals surface area contributed by atoms with Crippen LogP contribution < -0.4 is 4.74 Å². The lowest BCUT2D eigenvalue weighted by atomic mass is 9.95. The zero-order valence-corrected chi connectivity index (χ0v) is 13.8. The molecule has 0 atom stereocenters. The van der Waals surface area contributed by atoms with E-state index in [1.54, 1.807) is 20.2 Å². The van der Waals surface area contributed by atoms with Crippen molar-refractivity contribution in [1.82, 2.24) is 4.98 Å². The van der Waals surface area contributed by atoms with Crippen LogP contribution in [-0.4, -0.2) is 24.7 Å². The number of carbonyl (C=O) groups is 1. The molecule has 0 unspecified atom stereocenters. The van der Waals surface area contributed by atoms with Crippen molar-refractivity contribution in [3.63, 3.8) is 0 Å². The highest BCUT2D eigenvalue weighted by molar-refractivity contribution is 5.97. The average molecular weight is 321 g/mol. The van der Waals surface area contributed by atoms with Gasteiger partial charge in [0.25, 0.3) is 0 Å². The quantitative estimate of drug-likeness (QED) is 0.666. The fourth-order valence-corrected chi connectivity index (χ4v) is 2.80. The van der Waals surface area contributed by atoms with Gasteiger partial charge in [-0.1, -0.05) is 30.3 Å². The highest BCUT2D eigenvalue weighted by atomic mass is 16.5. The number of nitrogens with zero attached hydrogens (tertiary/aromatic N) is 1. The summed E-state index contributed by atoms with van der Waals surface area (Å²) in [4.78, 5) is 16.5. The second-order valence-corrected chi connectivity index (χ2v) is 5.39. The normalized spacial score (nSPS) is 10.6. The van der Waals surface area contributed by atoms with Gasteiger partial charge in [-0.3, -0.25) is 9.78 Å². The van der Waals surface area contributed by atoms with Gasteiger partial charge in [-0.2, -0.15) is 0 Å². The van der Waals surface area contributed by atoms with Crippen LogP contribution in [0.15, 0.2) is 54.7 Å². The number of aromatic nitrogens is 1. The maximum absolute atomic E-state index is 12.0. The monoisotopic (exact) mass is 321 g/mol. The van der Waals surface area contributed by atoms with Gasteiger partial charge in [-0.15, -0.1) is 0 Å². The minimum absolute atomic E-state index is 0.193. The SMILES string of the molecule is CCOC(=O)Cc1cnc2ccccc2c1-c1cccc(OC)c1. The molecule has 0 saturated heterocycles. The molecule has 4 heteroatoms. The number of hydrogen-bond donors (Lipinski definition) is 0. The van der Waals surface area contributed by atoms with E-state index in [1.807, 2.05) is 48.5 Å². The Morgan fingerprint density at radius 2 is 1.96 bits per heavy atom. The lowest BCUT2D eigenvalue weighted by molar-refractivity contribution is -0.142. The fourth-order valence-electron chi connectivity index (χ4n) is 2.80. The zero-order valence-electron chi connectivity index (χ0n) is 13.8. The van der Waals surface area contributed by atoms with Crippen molar-refractivity contribution in [1.29, 1.82) is 0 Å². The van der Waals surface area contributed by atoms with Gasteiger partial charge in [0, 0.05) is 11.6 Å². The molecule has 122 valence electrons. The Bertz CT molecular complexity index is 874. The molecule has 3 rings (SSSR count). The number of rotatable bonds is 5. The second kappa shape index (κ2) is 7.13. The molecule has 1 aromatic heterocycles. The van der Waals surface area contributed by atoms with Crippen LogP contribution in [-0.2, 0) is 16.0 Å². The van der Waals surface area contributed by atoms with Crippen LogP contribution in [0.4, 0.5) is 0 Å². The molecule has 4 nitrogen and oxygen atoms in total. The summed E-state index contributed by atoms with van der Waals surface area (Å²) in [5.74, 6) is 0.522. The van der Waals surface area contributed by atoms with Crippen LogP contribution in [0.2, 0.25) is 0 Å². The predicted molar refractivity (Wildman–Crippen MR) is 94.1 cm³/mol. The summed E-state index contributed by atoms with van der Waals surface area (Å²) in [6, 6.07) is 15.7. The minimum Gasteiger partial charge on any atom is -0.497 e. The molecule has 0 N–H and O–H groups in total. The third kappa shape index (κ3) is 3.23. The number of esters is 1. The van der Waals surface area contributed by atoms with Crippen molar-refractivity contribution in [2.24, 2.45) is 0 Å². The average Bonchev–Trinajstić information content (AvgIpc) is 2.61. The van der Waals surface area contributed by atoms with E-state index in [0.717, 1.165) is 33.3 Å². The maximum Gasteiger partial charge on any atom is 0.310 e. The van der Waals surface area contributed by atoms with Crippen LogP contribution in [0, 0.1) is 0 Å². The van der Waals surface area contributed by atoms with E-state index >= 15 is 0 Å². The largest absolute Gasteiger partial charge is 0.497 e. The Kier molecular flexibility index (Phi) is 4.75. The lowest BCUT2D eigenvalue weighted by Gasteiger charge is -2.13. The van der Waals surface area contributed by atoms with Crippen LogP contribution in [0.3, 0.4) is 0 Å². The van der Waals surface area contributed by atoms with Crippen molar-refractivity contribution >= 4 is 16.9 Å². The van der Waals surface area contributed by atoms with E-state index in [2.05, 4.69) is 4.98 Å². The fraction of sp³-hybridized carbons (Fsp3) is 0.200. The number of hydrogen-bond acceptors (Lipinski definition) is 4. The molecule has 0 aliphatic heterocycles. The third-order valence-corrected chi connectivity index (χ3v) is 3.85. The molecule has 0 amide bonds. The lowest BCUT2D eigenvalue weighted by Crippen LogP contribution is -2.09. The minimum atomic E-state index is -0.251. The number of para-hydroxylation sites is 1. The van der Waals surface area contributed by atoms with Crippen molar-refractivity contribution in [3.05, 3.63) is 60.3 Å². The highest BCUT2D eigenvalue weighted by Gasteiger charge is 2.15. The van der Waals surface area contributed by atoms with Crippen molar-refractivity contribution in [2.45, 2.75) is 13.3 Å². The molecule has 0 aliphatic rings. The van der Waals surface area contributed by atoms with E-state index in [-0.39, 0.29) is 12.4 Å². The van der Waals surface area contributed by atoms with E-state index in [4.69, 9.17) is 9.47 Å². The van der Waals surface area contributed by atoms with Crippen LogP contribution in [0.1, 0.15) is 12.5 Å². The van der Waals surface area contributed by atoms with Crippen molar-refractivity contribution < 1.29 is 14.3 Å². The number of methoxy groups -OCH3 is 1. The number of ether oxygens (including phenoxy) is 2. The molecule has 3 aromatic rings. The summed E-state index contributed by atoms with van der Waals surface area (Å²) < 4.78 is 10.4. The molecule has 0 bridgehead atoms. The summed E-state index contributed by atoms with van der Waals surface area (Å²) in [5.41, 5.74) is 3.73. The Morgan fingerprint density at radius 1 is 1.12 bits per heavy atom. The van der Waals surface area contributed by atoms with Crippen molar-refractivity contribution in [3.8, 4) is 16.9 Å². The molecule has 2 aromatic carbocycles. The number of carbonyl (C=O) groups excluding carboxylic acids is 1. The van der Waals surface area contributed by atoms with Crippen LogP contribution in [0.5, 0.6) is 5.75 Å². The molecule has 0 saturated carbocycles. The molecule has 0 aliphatic carbocycles. The Morgan fingerprint density at radius 3 is 2.75 bits per heavy atom. The van der Waals surface area contributed by atoms with E-state index in [0.29, 0.717) is 6.61 Å². The molecule has 1 heterocycles. The van der Waals surface area contributed by atoms with E-state index in [9.17, 15) is 4.79 Å². The zero-order chi connectivity index (χ0) is 16.9. The standard InChI is InChI=1S/C20H19NO3/c1-3-24-19(22)12-15-13-21-18-10-5-4-9-17(18)20(15)14-7-6-8-16(11-14)23-2/h4-11,13H,3,12H2,1-2H3. The topological polar surface area (TPSA) is 48.4 Å². The summed E-state index contributed by atoms with van der Waals surface area (Å²) >= 11 is 0. The Balaban J connectivity index is 2.19. The molecular formula is C20H19NO3. The Labute approximate surface area is 141 Å². The van der Waals surface area contributed by atoms with Crippen LogP contribution >= 0.6 is 0 Å². The first-order valence-corrected chi connectivity index (χ1v) is 7.89. The first-order valence-electron chi connectivity index (χ1n) is 7.89. The van der Waals surface area contributed by atoms with Gasteiger partial charge in [-0.05, 0) is 41.8 Å². The van der Waals surface area contributed by atoms with Gasteiger partial charge >= 0.3 is 5.97 Å². The predicted octanol–water partition coefficient (Wildman–Crippen LogP) is 4.02. The van der Waals surface area contributed by atoms with Crippen LogP contribution in [0.25, 0.3) is 22.0 Å². The van der Waals surface area contributed by atoms with Crippen molar-refractivity contribution in [2.75, 3.05) is 13.7 Å². The molecular weight excluding hydrogens is 302 g/mol. The van der Waals surface area contributed by atoms with Gasteiger partial charge in [-0.25, -0.2) is 0 Å². The van der Waals surface area contributed by atoms with Gasteiger partial charge in [0.1, 0.15) is 5.75 Å². The first kappa shape index (κ1) is 16.0. The number of pyridine rings is 1. The number of benzene rings is 2. The Hall–Kier alpha value is -2.88. The van der Waals surface area contributed by atoms with Gasteiger partial charge in [0.15, 0.2) is 0 Å². The van der Waals surface area contributed by atoms with E-state index < -0.39 is 0 Å². The molecule has 24 heavy (non-hydrogen) atoms. The summed E-state index contributed by atoms with van der Waals surface area (Å²) in [6.45, 7) is 2.17. The summed E-state index contributed by atoms with van der Waals surface area (Å²) in [6.07, 6.45) is 1.95. The summed E-state index contributed by atoms with van der Waals surface area (Å²) in [5, 5.41) is 1.01.